The van der Waals surface area contributed by atoms with Gasteiger partial charge in [-0.3, -0.25) is 0 Å². The Labute approximate surface area is 53.1 Å². The SMILES string of the molecule is FCOc1[c]cccc1. The van der Waals surface area contributed by atoms with Crippen molar-refractivity contribution in [2.45, 2.75) is 0 Å². The third-order valence-corrected chi connectivity index (χ3v) is 0.891. The molecule has 0 atom stereocenters. The minimum atomic E-state index is -0.791. The zero-order chi connectivity index (χ0) is 6.53. The second-order valence-electron chi connectivity index (χ2n) is 1.48. The van der Waals surface area contributed by atoms with Gasteiger partial charge in [0.25, 0.3) is 0 Å². The first-order valence-corrected chi connectivity index (χ1v) is 2.59. The van der Waals surface area contributed by atoms with Crippen molar-refractivity contribution < 1.29 is 9.13 Å². The van der Waals surface area contributed by atoms with E-state index in [1.807, 2.05) is 0 Å². The summed E-state index contributed by atoms with van der Waals surface area (Å²) in [6.07, 6.45) is 0. The highest BCUT2D eigenvalue weighted by Gasteiger charge is 1.86. The number of hydrogen-bond donors (Lipinski definition) is 0. The standard InChI is InChI=1S/C7H6FO/c8-6-9-7-4-2-1-3-5-7/h1-4H,6H2. The van der Waals surface area contributed by atoms with E-state index in [0.717, 1.165) is 0 Å². The van der Waals surface area contributed by atoms with E-state index >= 15 is 0 Å². The maximum Gasteiger partial charge on any atom is 0.228 e. The van der Waals surface area contributed by atoms with E-state index in [0.29, 0.717) is 5.75 Å². The molecule has 0 aliphatic heterocycles. The van der Waals surface area contributed by atoms with Crippen LogP contribution in [0.1, 0.15) is 0 Å². The number of alkyl halides is 1. The van der Waals surface area contributed by atoms with Crippen molar-refractivity contribution in [3.63, 3.8) is 0 Å². The number of para-hydroxylation sites is 1. The quantitative estimate of drug-likeness (QED) is 0.585. The first-order chi connectivity index (χ1) is 4.43. The van der Waals surface area contributed by atoms with Gasteiger partial charge in [0.2, 0.25) is 6.86 Å². The van der Waals surface area contributed by atoms with Crippen LogP contribution in [0.25, 0.3) is 0 Å². The maximum absolute atomic E-state index is 11.4. The van der Waals surface area contributed by atoms with E-state index in [9.17, 15) is 4.39 Å². The summed E-state index contributed by atoms with van der Waals surface area (Å²) in [7, 11) is 0. The van der Waals surface area contributed by atoms with E-state index in [-0.39, 0.29) is 0 Å². The zero-order valence-electron chi connectivity index (χ0n) is 4.80. The van der Waals surface area contributed by atoms with Gasteiger partial charge in [0, 0.05) is 6.07 Å². The van der Waals surface area contributed by atoms with E-state index in [1.54, 1.807) is 24.3 Å². The second kappa shape index (κ2) is 3.07. The Kier molecular flexibility index (Phi) is 2.07. The van der Waals surface area contributed by atoms with E-state index < -0.39 is 6.86 Å². The molecule has 0 fully saturated rings. The summed E-state index contributed by atoms with van der Waals surface area (Å²) in [6.45, 7) is -0.791. The lowest BCUT2D eigenvalue weighted by Gasteiger charge is -1.96. The van der Waals surface area contributed by atoms with Crippen LogP contribution in [0.5, 0.6) is 5.75 Å². The fourth-order valence-corrected chi connectivity index (χ4v) is 0.525. The monoisotopic (exact) mass is 125 g/mol. The summed E-state index contributed by atoms with van der Waals surface area (Å²) >= 11 is 0. The molecule has 1 aromatic carbocycles. The molecule has 47 valence electrons. The number of rotatable bonds is 2. The lowest BCUT2D eigenvalue weighted by molar-refractivity contribution is 0.191. The van der Waals surface area contributed by atoms with Crippen molar-refractivity contribution in [3.8, 4) is 5.75 Å². The molecule has 2 heteroatoms. The molecule has 0 bridgehead atoms. The van der Waals surface area contributed by atoms with Gasteiger partial charge in [-0.15, -0.1) is 0 Å². The topological polar surface area (TPSA) is 9.23 Å². The number of benzene rings is 1. The normalized spacial score (nSPS) is 9.00. The Morgan fingerprint density at radius 2 is 2.44 bits per heavy atom. The highest BCUT2D eigenvalue weighted by Crippen LogP contribution is 2.06. The van der Waals surface area contributed by atoms with Crippen LogP contribution in [0.2, 0.25) is 0 Å². The molecule has 0 aliphatic carbocycles. The Morgan fingerprint density at radius 1 is 1.56 bits per heavy atom. The molecule has 0 aliphatic rings. The number of halogens is 1. The molecule has 0 saturated heterocycles. The van der Waals surface area contributed by atoms with Crippen molar-refractivity contribution in [1.29, 1.82) is 0 Å². The predicted molar refractivity (Wildman–Crippen MR) is 31.9 cm³/mol. The molecule has 1 aromatic rings. The van der Waals surface area contributed by atoms with Crippen molar-refractivity contribution in [3.05, 3.63) is 30.3 Å². The average molecular weight is 125 g/mol. The molecule has 1 rings (SSSR count). The van der Waals surface area contributed by atoms with Crippen LogP contribution in [0, 0.1) is 6.07 Å². The van der Waals surface area contributed by atoms with Crippen molar-refractivity contribution in [2.75, 3.05) is 6.86 Å². The summed E-state index contributed by atoms with van der Waals surface area (Å²) in [5.41, 5.74) is 0. The average Bonchev–Trinajstić information content (AvgIpc) is 1.91. The Bertz CT molecular complexity index is 162. The molecule has 0 aromatic heterocycles. The fraction of sp³-hybridized carbons (Fsp3) is 0.143. The van der Waals surface area contributed by atoms with Crippen LogP contribution in [-0.4, -0.2) is 6.86 Å². The Hall–Kier alpha value is -1.05. The Morgan fingerprint density at radius 3 is 3.00 bits per heavy atom. The van der Waals surface area contributed by atoms with Gasteiger partial charge in [-0.1, -0.05) is 18.2 Å². The van der Waals surface area contributed by atoms with Crippen molar-refractivity contribution in [2.24, 2.45) is 0 Å². The van der Waals surface area contributed by atoms with Gasteiger partial charge < -0.3 is 4.74 Å². The number of ether oxygens (including phenoxy) is 1. The molecule has 0 unspecified atom stereocenters. The fourth-order valence-electron chi connectivity index (χ4n) is 0.525. The van der Waals surface area contributed by atoms with Gasteiger partial charge in [-0.2, -0.15) is 0 Å². The zero-order valence-corrected chi connectivity index (χ0v) is 4.80. The van der Waals surface area contributed by atoms with Crippen molar-refractivity contribution in [1.82, 2.24) is 0 Å². The molecular weight excluding hydrogens is 119 g/mol. The largest absolute Gasteiger partial charge is 0.462 e. The third-order valence-electron chi connectivity index (χ3n) is 0.891. The maximum atomic E-state index is 11.4. The summed E-state index contributed by atoms with van der Waals surface area (Å²) < 4.78 is 15.9. The minimum Gasteiger partial charge on any atom is -0.462 e. The number of hydrogen-bond acceptors (Lipinski definition) is 1. The molecule has 0 heterocycles. The summed E-state index contributed by atoms with van der Waals surface area (Å²) in [4.78, 5) is 0. The predicted octanol–water partition coefficient (Wildman–Crippen LogP) is 1.79. The minimum absolute atomic E-state index is 0.444. The molecule has 0 saturated carbocycles. The molecule has 0 spiro atoms. The Balaban J connectivity index is 2.61. The molecule has 9 heavy (non-hydrogen) atoms. The molecule has 0 amide bonds. The summed E-state index contributed by atoms with van der Waals surface area (Å²) in [6, 6.07) is 9.59. The van der Waals surface area contributed by atoms with Gasteiger partial charge in [0.05, 0.1) is 0 Å². The molecular formula is C7H6FO. The van der Waals surface area contributed by atoms with Crippen LogP contribution in [0.15, 0.2) is 24.3 Å². The van der Waals surface area contributed by atoms with Gasteiger partial charge in [-0.25, -0.2) is 4.39 Å². The first kappa shape index (κ1) is 6.08. The van der Waals surface area contributed by atoms with Crippen LogP contribution in [0.3, 0.4) is 0 Å². The van der Waals surface area contributed by atoms with E-state index in [2.05, 4.69) is 10.8 Å². The summed E-state index contributed by atoms with van der Waals surface area (Å²) in [5.74, 6) is 0.444. The van der Waals surface area contributed by atoms with Gasteiger partial charge in [0.15, 0.2) is 0 Å². The van der Waals surface area contributed by atoms with Gasteiger partial charge in [0.1, 0.15) is 5.75 Å². The van der Waals surface area contributed by atoms with Crippen molar-refractivity contribution >= 4 is 0 Å². The van der Waals surface area contributed by atoms with Crippen LogP contribution < -0.4 is 4.74 Å². The molecule has 0 N–H and O–H groups in total. The molecule has 1 nitrogen and oxygen atoms in total. The summed E-state index contributed by atoms with van der Waals surface area (Å²) in [5, 5.41) is 0. The van der Waals surface area contributed by atoms with Gasteiger partial charge in [-0.05, 0) is 6.07 Å². The highest BCUT2D eigenvalue weighted by atomic mass is 19.1. The third kappa shape index (κ3) is 1.72. The van der Waals surface area contributed by atoms with Crippen LogP contribution >= 0.6 is 0 Å². The first-order valence-electron chi connectivity index (χ1n) is 2.59. The smallest absolute Gasteiger partial charge is 0.228 e. The highest BCUT2D eigenvalue weighted by molar-refractivity contribution is 5.18. The molecule has 1 radical (unpaired) electrons. The van der Waals surface area contributed by atoms with Crippen LogP contribution in [-0.2, 0) is 0 Å². The lowest BCUT2D eigenvalue weighted by Crippen LogP contribution is -1.88. The van der Waals surface area contributed by atoms with E-state index in [1.165, 1.54) is 0 Å². The lowest BCUT2D eigenvalue weighted by atomic mass is 10.3. The van der Waals surface area contributed by atoms with Gasteiger partial charge >= 0.3 is 0 Å². The van der Waals surface area contributed by atoms with Crippen LogP contribution in [0.4, 0.5) is 4.39 Å². The second-order valence-corrected chi connectivity index (χ2v) is 1.48. The van der Waals surface area contributed by atoms with E-state index in [4.69, 9.17) is 0 Å².